The number of rotatable bonds is 3. The molecule has 1 fully saturated rings. The number of H-pyrrole nitrogens is 1. The molecule has 0 unspecified atom stereocenters. The fraction of sp³-hybridized carbons (Fsp3) is 0.385. The van der Waals surface area contributed by atoms with E-state index in [4.69, 9.17) is 5.73 Å². The summed E-state index contributed by atoms with van der Waals surface area (Å²) in [5.41, 5.74) is 7.88. The number of aromatic nitrogens is 3. The summed E-state index contributed by atoms with van der Waals surface area (Å²) in [7, 11) is 0. The number of aromatic amines is 1. The summed E-state index contributed by atoms with van der Waals surface area (Å²) in [6, 6.07) is 5.92. The molecule has 4 heteroatoms. The van der Waals surface area contributed by atoms with E-state index in [0.29, 0.717) is 6.54 Å². The number of nitrogens with zero attached hydrogens (tertiary/aromatic N) is 2. The number of hydrogen-bond donors (Lipinski definition) is 2. The standard InChI is InChI=1S/C13H16N4/c14-9-13(5-2-6-13)12-16-8-4-11(17-12)10-3-1-7-15-10/h1,3-4,7-8,15H,2,5-6,9,14H2. The first-order valence-corrected chi connectivity index (χ1v) is 6.01. The van der Waals surface area contributed by atoms with Crippen LogP contribution in [0.2, 0.25) is 0 Å². The van der Waals surface area contributed by atoms with Crippen molar-refractivity contribution in [1.29, 1.82) is 0 Å². The quantitative estimate of drug-likeness (QED) is 0.842. The maximum absolute atomic E-state index is 5.88. The van der Waals surface area contributed by atoms with Crippen molar-refractivity contribution in [2.75, 3.05) is 6.54 Å². The molecular weight excluding hydrogens is 212 g/mol. The van der Waals surface area contributed by atoms with Crippen LogP contribution in [0.25, 0.3) is 11.4 Å². The van der Waals surface area contributed by atoms with Gasteiger partial charge in [-0.2, -0.15) is 0 Å². The second-order valence-corrected chi connectivity index (χ2v) is 4.69. The minimum absolute atomic E-state index is 0.0304. The Hall–Kier alpha value is -1.68. The molecule has 1 aliphatic rings. The molecule has 0 aliphatic heterocycles. The Morgan fingerprint density at radius 1 is 1.35 bits per heavy atom. The van der Waals surface area contributed by atoms with Gasteiger partial charge in [0.25, 0.3) is 0 Å². The van der Waals surface area contributed by atoms with Crippen LogP contribution in [-0.4, -0.2) is 21.5 Å². The van der Waals surface area contributed by atoms with E-state index in [1.807, 2.05) is 30.6 Å². The summed E-state index contributed by atoms with van der Waals surface area (Å²) in [6.45, 7) is 0.640. The van der Waals surface area contributed by atoms with Crippen molar-refractivity contribution >= 4 is 0 Å². The van der Waals surface area contributed by atoms with Gasteiger partial charge in [0, 0.05) is 24.4 Å². The van der Waals surface area contributed by atoms with Crippen LogP contribution in [0, 0.1) is 0 Å². The van der Waals surface area contributed by atoms with Crippen molar-refractivity contribution in [3.63, 3.8) is 0 Å². The number of nitrogens with one attached hydrogen (secondary N) is 1. The first-order chi connectivity index (χ1) is 8.34. The third kappa shape index (κ3) is 1.65. The summed E-state index contributed by atoms with van der Waals surface area (Å²) in [5.74, 6) is 0.901. The van der Waals surface area contributed by atoms with Gasteiger partial charge in [-0.1, -0.05) is 6.42 Å². The molecule has 0 saturated heterocycles. The fourth-order valence-corrected chi connectivity index (χ4v) is 2.38. The Kier molecular flexibility index (Phi) is 2.44. The maximum Gasteiger partial charge on any atom is 0.136 e. The molecule has 17 heavy (non-hydrogen) atoms. The van der Waals surface area contributed by atoms with E-state index in [2.05, 4.69) is 15.0 Å². The Morgan fingerprint density at radius 3 is 2.82 bits per heavy atom. The van der Waals surface area contributed by atoms with Crippen LogP contribution in [0.3, 0.4) is 0 Å². The van der Waals surface area contributed by atoms with Crippen molar-refractivity contribution in [2.24, 2.45) is 5.73 Å². The van der Waals surface area contributed by atoms with E-state index in [-0.39, 0.29) is 5.41 Å². The molecule has 3 rings (SSSR count). The Balaban J connectivity index is 1.99. The number of hydrogen-bond acceptors (Lipinski definition) is 3. The third-order valence-electron chi connectivity index (χ3n) is 3.71. The zero-order valence-electron chi connectivity index (χ0n) is 9.69. The molecule has 2 aromatic rings. The SMILES string of the molecule is NCC1(c2nccc(-c3ccc[nH]3)n2)CCC1. The van der Waals surface area contributed by atoms with Gasteiger partial charge in [-0.15, -0.1) is 0 Å². The second kappa shape index (κ2) is 3.96. The van der Waals surface area contributed by atoms with Gasteiger partial charge in [-0.3, -0.25) is 0 Å². The zero-order chi connectivity index (χ0) is 11.7. The highest BCUT2D eigenvalue weighted by Crippen LogP contribution is 2.41. The van der Waals surface area contributed by atoms with Crippen molar-refractivity contribution in [3.05, 3.63) is 36.4 Å². The average molecular weight is 228 g/mol. The Bertz CT molecular complexity index is 494. The molecule has 1 saturated carbocycles. The topological polar surface area (TPSA) is 67.6 Å². The van der Waals surface area contributed by atoms with Crippen molar-refractivity contribution < 1.29 is 0 Å². The Labute approximate surface area is 100 Å². The maximum atomic E-state index is 5.88. The van der Waals surface area contributed by atoms with Crippen LogP contribution in [-0.2, 0) is 5.41 Å². The summed E-state index contributed by atoms with van der Waals surface area (Å²) in [4.78, 5) is 12.2. The van der Waals surface area contributed by atoms with Crippen molar-refractivity contribution in [1.82, 2.24) is 15.0 Å². The fourth-order valence-electron chi connectivity index (χ4n) is 2.38. The first kappa shape index (κ1) is 10.5. The normalized spacial score (nSPS) is 17.7. The molecule has 4 nitrogen and oxygen atoms in total. The van der Waals surface area contributed by atoms with E-state index in [1.165, 1.54) is 6.42 Å². The van der Waals surface area contributed by atoms with E-state index in [0.717, 1.165) is 30.1 Å². The van der Waals surface area contributed by atoms with Crippen LogP contribution >= 0.6 is 0 Å². The summed E-state index contributed by atoms with van der Waals surface area (Å²) in [5, 5.41) is 0. The van der Waals surface area contributed by atoms with Gasteiger partial charge in [0.05, 0.1) is 11.4 Å². The molecule has 0 atom stereocenters. The highest BCUT2D eigenvalue weighted by atomic mass is 14.9. The second-order valence-electron chi connectivity index (χ2n) is 4.69. The van der Waals surface area contributed by atoms with Gasteiger partial charge in [-0.05, 0) is 31.0 Å². The molecule has 0 amide bonds. The predicted octanol–water partition coefficient (Wildman–Crippen LogP) is 1.85. The lowest BCUT2D eigenvalue weighted by Crippen LogP contribution is -2.43. The van der Waals surface area contributed by atoms with Gasteiger partial charge in [0.1, 0.15) is 5.82 Å². The molecule has 2 aromatic heterocycles. The highest BCUT2D eigenvalue weighted by molar-refractivity contribution is 5.53. The minimum Gasteiger partial charge on any atom is -0.360 e. The van der Waals surface area contributed by atoms with E-state index >= 15 is 0 Å². The van der Waals surface area contributed by atoms with Gasteiger partial charge < -0.3 is 10.7 Å². The number of nitrogens with two attached hydrogens (primary N) is 1. The Morgan fingerprint density at radius 2 is 2.24 bits per heavy atom. The van der Waals surface area contributed by atoms with Crippen LogP contribution < -0.4 is 5.73 Å². The van der Waals surface area contributed by atoms with Crippen LogP contribution in [0.15, 0.2) is 30.6 Å². The molecular formula is C13H16N4. The van der Waals surface area contributed by atoms with Gasteiger partial charge in [0.15, 0.2) is 0 Å². The highest BCUT2D eigenvalue weighted by Gasteiger charge is 2.40. The molecule has 2 heterocycles. The zero-order valence-corrected chi connectivity index (χ0v) is 9.69. The summed E-state index contributed by atoms with van der Waals surface area (Å²) in [6.07, 6.45) is 7.18. The van der Waals surface area contributed by atoms with E-state index in [1.54, 1.807) is 0 Å². The van der Waals surface area contributed by atoms with Crippen LogP contribution in [0.1, 0.15) is 25.1 Å². The third-order valence-corrected chi connectivity index (χ3v) is 3.71. The average Bonchev–Trinajstić information content (AvgIpc) is 2.82. The van der Waals surface area contributed by atoms with Gasteiger partial charge >= 0.3 is 0 Å². The molecule has 0 spiro atoms. The van der Waals surface area contributed by atoms with Crippen LogP contribution in [0.4, 0.5) is 0 Å². The van der Waals surface area contributed by atoms with Crippen molar-refractivity contribution in [3.8, 4) is 11.4 Å². The molecule has 0 bridgehead atoms. The summed E-state index contributed by atoms with van der Waals surface area (Å²) >= 11 is 0. The van der Waals surface area contributed by atoms with Gasteiger partial charge in [0.2, 0.25) is 0 Å². The summed E-state index contributed by atoms with van der Waals surface area (Å²) < 4.78 is 0. The molecule has 0 radical (unpaired) electrons. The molecule has 1 aliphatic carbocycles. The van der Waals surface area contributed by atoms with Gasteiger partial charge in [-0.25, -0.2) is 9.97 Å². The molecule has 0 aromatic carbocycles. The lowest BCUT2D eigenvalue weighted by atomic mass is 9.68. The smallest absolute Gasteiger partial charge is 0.136 e. The first-order valence-electron chi connectivity index (χ1n) is 6.01. The monoisotopic (exact) mass is 228 g/mol. The van der Waals surface area contributed by atoms with E-state index < -0.39 is 0 Å². The lowest BCUT2D eigenvalue weighted by molar-refractivity contribution is 0.238. The lowest BCUT2D eigenvalue weighted by Gasteiger charge is -2.39. The predicted molar refractivity (Wildman–Crippen MR) is 66.4 cm³/mol. The largest absolute Gasteiger partial charge is 0.360 e. The minimum atomic E-state index is 0.0304. The molecule has 88 valence electrons. The van der Waals surface area contributed by atoms with E-state index in [9.17, 15) is 0 Å². The molecule has 3 N–H and O–H groups in total. The van der Waals surface area contributed by atoms with Crippen LogP contribution in [0.5, 0.6) is 0 Å². The van der Waals surface area contributed by atoms with Crippen molar-refractivity contribution in [2.45, 2.75) is 24.7 Å².